The summed E-state index contributed by atoms with van der Waals surface area (Å²) in [6.45, 7) is 5.33. The summed E-state index contributed by atoms with van der Waals surface area (Å²) in [7, 11) is 0. The molecular weight excluding hydrogens is 274 g/mol. The lowest BCUT2D eigenvalue weighted by atomic mass is 9.96. The van der Waals surface area contributed by atoms with Gasteiger partial charge in [-0.3, -0.25) is 9.69 Å². The van der Waals surface area contributed by atoms with Crippen molar-refractivity contribution >= 4 is 23.2 Å². The molecule has 1 heterocycles. The zero-order chi connectivity index (χ0) is 14.5. The normalized spacial score (nSPS) is 17.1. The van der Waals surface area contributed by atoms with Gasteiger partial charge in [-0.05, 0) is 49.5 Å². The molecule has 110 valence electrons. The number of nitrogens with one attached hydrogen (secondary N) is 1. The molecule has 1 aliphatic rings. The summed E-state index contributed by atoms with van der Waals surface area (Å²) in [6.07, 6.45) is 2.24. The molecule has 0 radical (unpaired) electrons. The summed E-state index contributed by atoms with van der Waals surface area (Å²) in [5.74, 6) is 0.652. The summed E-state index contributed by atoms with van der Waals surface area (Å²) in [4.78, 5) is 13.3. The number of rotatable bonds is 4. The second kappa shape index (κ2) is 6.95. The first kappa shape index (κ1) is 15.1. The molecule has 2 rings (SSSR count). The Labute approximate surface area is 125 Å². The van der Waals surface area contributed by atoms with E-state index in [2.05, 4.69) is 10.2 Å². The van der Waals surface area contributed by atoms with Crippen molar-refractivity contribution in [1.29, 1.82) is 0 Å². The Bertz CT molecular complexity index is 470. The van der Waals surface area contributed by atoms with Crippen molar-refractivity contribution in [2.24, 2.45) is 5.92 Å². The Morgan fingerprint density at radius 1 is 1.45 bits per heavy atom. The van der Waals surface area contributed by atoms with Gasteiger partial charge in [-0.1, -0.05) is 17.7 Å². The van der Waals surface area contributed by atoms with Gasteiger partial charge in [0.05, 0.1) is 0 Å². The van der Waals surface area contributed by atoms with Gasteiger partial charge in [0.15, 0.2) is 0 Å². The van der Waals surface area contributed by atoms with Gasteiger partial charge < -0.3 is 11.1 Å². The van der Waals surface area contributed by atoms with Crippen LogP contribution in [0.25, 0.3) is 0 Å². The van der Waals surface area contributed by atoms with Crippen molar-refractivity contribution in [3.05, 3.63) is 28.8 Å². The van der Waals surface area contributed by atoms with Crippen LogP contribution in [0, 0.1) is 5.92 Å². The standard InChI is InChI=1S/C15H22ClN3O/c1-11(20)18-9-12-4-6-19(7-5-12)10-13-2-3-14(16)8-15(13)17/h2-3,8,12H,4-7,9-10,17H2,1H3,(H,18,20). The van der Waals surface area contributed by atoms with Crippen molar-refractivity contribution in [2.75, 3.05) is 25.4 Å². The first-order chi connectivity index (χ1) is 9.54. The number of nitrogens with zero attached hydrogens (tertiary/aromatic N) is 1. The maximum atomic E-state index is 10.9. The van der Waals surface area contributed by atoms with Crippen LogP contribution >= 0.6 is 11.6 Å². The average Bonchev–Trinajstić information content (AvgIpc) is 2.41. The molecule has 4 nitrogen and oxygen atoms in total. The number of likely N-dealkylation sites (tertiary alicyclic amines) is 1. The minimum Gasteiger partial charge on any atom is -0.398 e. The number of carbonyl (C=O) groups is 1. The van der Waals surface area contributed by atoms with Crippen LogP contribution in [0.4, 0.5) is 5.69 Å². The summed E-state index contributed by atoms with van der Waals surface area (Å²) in [5, 5.41) is 3.58. The monoisotopic (exact) mass is 295 g/mol. The Hall–Kier alpha value is -1.26. The molecule has 0 saturated carbocycles. The third-order valence-electron chi connectivity index (χ3n) is 3.85. The van der Waals surface area contributed by atoms with E-state index in [4.69, 9.17) is 17.3 Å². The third kappa shape index (κ3) is 4.39. The summed E-state index contributed by atoms with van der Waals surface area (Å²) in [6, 6.07) is 5.69. The highest BCUT2D eigenvalue weighted by molar-refractivity contribution is 6.30. The summed E-state index contributed by atoms with van der Waals surface area (Å²) < 4.78 is 0. The number of carbonyl (C=O) groups excluding carboxylic acids is 1. The smallest absolute Gasteiger partial charge is 0.216 e. The molecule has 3 N–H and O–H groups in total. The third-order valence-corrected chi connectivity index (χ3v) is 4.08. The van der Waals surface area contributed by atoms with Gasteiger partial charge in [0.2, 0.25) is 5.91 Å². The number of benzene rings is 1. The molecule has 0 unspecified atom stereocenters. The minimum absolute atomic E-state index is 0.0568. The SMILES string of the molecule is CC(=O)NCC1CCN(Cc2ccc(Cl)cc2N)CC1. The predicted octanol–water partition coefficient (Wildman–Crippen LogP) is 2.27. The zero-order valence-electron chi connectivity index (χ0n) is 11.9. The lowest BCUT2D eigenvalue weighted by Gasteiger charge is -2.32. The van der Waals surface area contributed by atoms with Gasteiger partial charge in [-0.2, -0.15) is 0 Å². The summed E-state index contributed by atoms with van der Waals surface area (Å²) >= 11 is 5.91. The molecule has 0 spiro atoms. The molecule has 1 aromatic carbocycles. The molecule has 20 heavy (non-hydrogen) atoms. The van der Waals surface area contributed by atoms with Crippen LogP contribution in [-0.2, 0) is 11.3 Å². The van der Waals surface area contributed by atoms with Crippen molar-refractivity contribution in [2.45, 2.75) is 26.3 Å². The van der Waals surface area contributed by atoms with Crippen LogP contribution in [0.1, 0.15) is 25.3 Å². The largest absolute Gasteiger partial charge is 0.398 e. The van der Waals surface area contributed by atoms with E-state index in [1.54, 1.807) is 13.0 Å². The van der Waals surface area contributed by atoms with Gasteiger partial charge in [0, 0.05) is 30.7 Å². The molecule has 5 heteroatoms. The van der Waals surface area contributed by atoms with Crippen LogP contribution in [-0.4, -0.2) is 30.4 Å². The van der Waals surface area contributed by atoms with Gasteiger partial charge >= 0.3 is 0 Å². The van der Waals surface area contributed by atoms with Crippen LogP contribution < -0.4 is 11.1 Å². The number of piperidine rings is 1. The minimum atomic E-state index is 0.0568. The van der Waals surface area contributed by atoms with Crippen LogP contribution in [0.5, 0.6) is 0 Å². The Kier molecular flexibility index (Phi) is 5.26. The number of anilines is 1. The highest BCUT2D eigenvalue weighted by atomic mass is 35.5. The fourth-order valence-corrected chi connectivity index (χ4v) is 2.77. The van der Waals surface area contributed by atoms with E-state index in [-0.39, 0.29) is 5.91 Å². The molecule has 0 atom stereocenters. The maximum Gasteiger partial charge on any atom is 0.216 e. The number of nitrogens with two attached hydrogens (primary N) is 1. The molecule has 1 fully saturated rings. The van der Waals surface area contributed by atoms with Crippen LogP contribution in [0.15, 0.2) is 18.2 Å². The van der Waals surface area contributed by atoms with E-state index in [1.807, 2.05) is 12.1 Å². The fraction of sp³-hybridized carbons (Fsp3) is 0.533. The van der Waals surface area contributed by atoms with Crippen molar-refractivity contribution in [3.8, 4) is 0 Å². The molecule has 1 aliphatic heterocycles. The van der Waals surface area contributed by atoms with Crippen molar-refractivity contribution in [1.82, 2.24) is 10.2 Å². The van der Waals surface area contributed by atoms with Gasteiger partial charge in [0.1, 0.15) is 0 Å². The van der Waals surface area contributed by atoms with E-state index >= 15 is 0 Å². The average molecular weight is 296 g/mol. The molecular formula is C15H22ClN3O. The number of amides is 1. The maximum absolute atomic E-state index is 10.9. The fourth-order valence-electron chi connectivity index (χ4n) is 2.59. The number of hydrogen-bond donors (Lipinski definition) is 2. The second-order valence-corrected chi connectivity index (χ2v) is 5.94. The molecule has 1 aromatic rings. The molecule has 0 aromatic heterocycles. The number of nitrogen functional groups attached to an aromatic ring is 1. The topological polar surface area (TPSA) is 58.4 Å². The molecule has 0 bridgehead atoms. The first-order valence-corrected chi connectivity index (χ1v) is 7.43. The Morgan fingerprint density at radius 2 is 2.15 bits per heavy atom. The molecule has 1 saturated heterocycles. The van der Waals surface area contributed by atoms with Crippen molar-refractivity contribution in [3.63, 3.8) is 0 Å². The highest BCUT2D eigenvalue weighted by Gasteiger charge is 2.19. The van der Waals surface area contributed by atoms with E-state index < -0.39 is 0 Å². The predicted molar refractivity (Wildman–Crippen MR) is 82.5 cm³/mol. The Balaban J connectivity index is 1.80. The van der Waals surface area contributed by atoms with Crippen LogP contribution in [0.2, 0.25) is 5.02 Å². The summed E-state index contributed by atoms with van der Waals surface area (Å²) in [5.41, 5.74) is 7.88. The van der Waals surface area contributed by atoms with Gasteiger partial charge in [-0.15, -0.1) is 0 Å². The second-order valence-electron chi connectivity index (χ2n) is 5.50. The van der Waals surface area contributed by atoms with E-state index in [0.717, 1.165) is 50.3 Å². The van der Waals surface area contributed by atoms with E-state index in [0.29, 0.717) is 10.9 Å². The van der Waals surface area contributed by atoms with Gasteiger partial charge in [-0.25, -0.2) is 0 Å². The zero-order valence-corrected chi connectivity index (χ0v) is 12.6. The number of halogens is 1. The van der Waals surface area contributed by atoms with E-state index in [1.165, 1.54) is 0 Å². The van der Waals surface area contributed by atoms with Gasteiger partial charge in [0.25, 0.3) is 0 Å². The number of hydrogen-bond acceptors (Lipinski definition) is 3. The quantitative estimate of drug-likeness (QED) is 0.838. The van der Waals surface area contributed by atoms with Crippen LogP contribution in [0.3, 0.4) is 0 Å². The highest BCUT2D eigenvalue weighted by Crippen LogP contribution is 2.22. The van der Waals surface area contributed by atoms with E-state index in [9.17, 15) is 4.79 Å². The lowest BCUT2D eigenvalue weighted by molar-refractivity contribution is -0.119. The molecule has 0 aliphatic carbocycles. The van der Waals surface area contributed by atoms with Crippen molar-refractivity contribution < 1.29 is 4.79 Å². The lowest BCUT2D eigenvalue weighted by Crippen LogP contribution is -2.37. The Morgan fingerprint density at radius 3 is 2.75 bits per heavy atom. The first-order valence-electron chi connectivity index (χ1n) is 7.05. The molecule has 1 amide bonds.